The van der Waals surface area contributed by atoms with Crippen LogP contribution in [0.25, 0.3) is 0 Å². The Kier molecular flexibility index (Phi) is 7.20. The van der Waals surface area contributed by atoms with Gasteiger partial charge in [0.25, 0.3) is 0 Å². The Morgan fingerprint density at radius 2 is 1.72 bits per heavy atom. The maximum absolute atomic E-state index is 10.9. The van der Waals surface area contributed by atoms with Crippen molar-refractivity contribution in [3.05, 3.63) is 23.3 Å². The van der Waals surface area contributed by atoms with Crippen LogP contribution in [-0.2, 0) is 4.79 Å². The lowest BCUT2D eigenvalue weighted by Gasteiger charge is -2.23. The number of allylic oxidation sites excluding steroid dienone is 4. The average molecular weight is 250 g/mol. The van der Waals surface area contributed by atoms with Gasteiger partial charge in [-0.2, -0.15) is 0 Å². The van der Waals surface area contributed by atoms with Gasteiger partial charge in [0.15, 0.2) is 0 Å². The molecule has 1 nitrogen and oxygen atoms in total. The molecule has 0 aromatic heterocycles. The van der Waals surface area contributed by atoms with Crippen molar-refractivity contribution in [1.29, 1.82) is 0 Å². The minimum Gasteiger partial charge on any atom is -0.300 e. The van der Waals surface area contributed by atoms with Crippen LogP contribution < -0.4 is 0 Å². The molecule has 0 bridgehead atoms. The summed E-state index contributed by atoms with van der Waals surface area (Å²) in [6, 6.07) is 0. The summed E-state index contributed by atoms with van der Waals surface area (Å²) in [4.78, 5) is 10.9. The molecular weight excluding hydrogens is 220 g/mol. The molecule has 0 saturated heterocycles. The highest BCUT2D eigenvalue weighted by molar-refractivity contribution is 5.75. The van der Waals surface area contributed by atoms with E-state index in [2.05, 4.69) is 53.7 Å². The van der Waals surface area contributed by atoms with Crippen molar-refractivity contribution in [2.75, 3.05) is 0 Å². The van der Waals surface area contributed by atoms with E-state index >= 15 is 0 Å². The smallest absolute Gasteiger partial charge is 0.130 e. The van der Waals surface area contributed by atoms with Crippen LogP contribution in [0.15, 0.2) is 23.3 Å². The topological polar surface area (TPSA) is 17.1 Å². The summed E-state index contributed by atoms with van der Waals surface area (Å²) >= 11 is 0. The molecule has 0 radical (unpaired) electrons. The molecule has 0 aliphatic heterocycles. The third-order valence-electron chi connectivity index (χ3n) is 3.25. The lowest BCUT2D eigenvalue weighted by molar-refractivity contribution is -0.116. The van der Waals surface area contributed by atoms with E-state index in [1.165, 1.54) is 11.1 Å². The molecule has 1 heteroatoms. The van der Waals surface area contributed by atoms with Gasteiger partial charge in [0.05, 0.1) is 0 Å². The fourth-order valence-electron chi connectivity index (χ4n) is 2.15. The Hall–Kier alpha value is -0.850. The van der Waals surface area contributed by atoms with Gasteiger partial charge in [0.2, 0.25) is 0 Å². The minimum atomic E-state index is 0.200. The number of Topliss-reactive ketones (excluding diaryl/α,β-unsaturated/α-hetero) is 1. The first kappa shape index (κ1) is 17.2. The molecular formula is C17H30O. The fourth-order valence-corrected chi connectivity index (χ4v) is 2.15. The first-order valence-electron chi connectivity index (χ1n) is 6.98. The molecule has 0 heterocycles. The van der Waals surface area contributed by atoms with Crippen LogP contribution in [0.1, 0.15) is 67.7 Å². The van der Waals surface area contributed by atoms with Crippen molar-refractivity contribution in [2.24, 2.45) is 11.3 Å². The van der Waals surface area contributed by atoms with Crippen molar-refractivity contribution < 1.29 is 4.79 Å². The average Bonchev–Trinajstić information content (AvgIpc) is 2.14. The Bertz CT molecular complexity index is 330. The highest BCUT2D eigenvalue weighted by Gasteiger charge is 2.16. The summed E-state index contributed by atoms with van der Waals surface area (Å²) in [5, 5.41) is 0. The number of hydrogen-bond donors (Lipinski definition) is 0. The third kappa shape index (κ3) is 8.27. The largest absolute Gasteiger partial charge is 0.300 e. The second kappa shape index (κ2) is 7.56. The van der Waals surface area contributed by atoms with Gasteiger partial charge in [-0.05, 0) is 44.9 Å². The van der Waals surface area contributed by atoms with E-state index in [0.717, 1.165) is 12.8 Å². The number of carbonyl (C=O) groups excluding carboxylic acids is 1. The van der Waals surface area contributed by atoms with Gasteiger partial charge in [-0.15, -0.1) is 0 Å². The van der Waals surface area contributed by atoms with E-state index < -0.39 is 0 Å². The standard InChI is InChI=1S/C17H30O/c1-13(2)15(4)12-17(6,7)11-14(3)9-8-10-16(5)18/h9,12-13H,8,10-11H2,1-7H3/b14-9+,15-12+. The molecule has 0 aromatic rings. The predicted octanol–water partition coefficient (Wildman–Crippen LogP) is 5.32. The van der Waals surface area contributed by atoms with Crippen molar-refractivity contribution in [1.82, 2.24) is 0 Å². The van der Waals surface area contributed by atoms with Gasteiger partial charge in [-0.3, -0.25) is 0 Å². The SMILES string of the molecule is CC(=O)CC/C=C(\C)CC(C)(C)/C=C(\C)C(C)C. The van der Waals surface area contributed by atoms with Gasteiger partial charge in [-0.25, -0.2) is 0 Å². The van der Waals surface area contributed by atoms with Gasteiger partial charge >= 0.3 is 0 Å². The van der Waals surface area contributed by atoms with Crippen LogP contribution >= 0.6 is 0 Å². The Labute approximate surface area is 113 Å². The number of carbonyl (C=O) groups is 1. The quantitative estimate of drug-likeness (QED) is 0.559. The van der Waals surface area contributed by atoms with Crippen LogP contribution in [-0.4, -0.2) is 5.78 Å². The van der Waals surface area contributed by atoms with Gasteiger partial charge in [-0.1, -0.05) is 51.0 Å². The maximum atomic E-state index is 10.9. The van der Waals surface area contributed by atoms with E-state index in [1.54, 1.807) is 6.92 Å². The van der Waals surface area contributed by atoms with Gasteiger partial charge in [0.1, 0.15) is 5.78 Å². The van der Waals surface area contributed by atoms with Crippen molar-refractivity contribution >= 4 is 5.78 Å². The molecule has 0 fully saturated rings. The maximum Gasteiger partial charge on any atom is 0.130 e. The van der Waals surface area contributed by atoms with E-state index in [4.69, 9.17) is 0 Å². The summed E-state index contributed by atoms with van der Waals surface area (Å²) in [5.41, 5.74) is 3.04. The number of ketones is 1. The lowest BCUT2D eigenvalue weighted by Crippen LogP contribution is -2.10. The first-order valence-corrected chi connectivity index (χ1v) is 6.98. The zero-order valence-electron chi connectivity index (χ0n) is 13.3. The molecule has 0 amide bonds. The zero-order valence-corrected chi connectivity index (χ0v) is 13.3. The number of hydrogen-bond acceptors (Lipinski definition) is 1. The summed E-state index contributed by atoms with van der Waals surface area (Å²) in [7, 11) is 0. The molecule has 104 valence electrons. The van der Waals surface area contributed by atoms with Crippen LogP contribution in [0.4, 0.5) is 0 Å². The summed E-state index contributed by atoms with van der Waals surface area (Å²) < 4.78 is 0. The van der Waals surface area contributed by atoms with Crippen LogP contribution in [0.5, 0.6) is 0 Å². The minimum absolute atomic E-state index is 0.200. The van der Waals surface area contributed by atoms with Gasteiger partial charge < -0.3 is 4.79 Å². The fraction of sp³-hybridized carbons (Fsp3) is 0.706. The molecule has 0 N–H and O–H groups in total. The molecule has 0 spiro atoms. The molecule has 0 saturated carbocycles. The first-order chi connectivity index (χ1) is 8.14. The second-order valence-electron chi connectivity index (χ2n) is 6.50. The van der Waals surface area contributed by atoms with Crippen molar-refractivity contribution in [3.8, 4) is 0 Å². The summed E-state index contributed by atoms with van der Waals surface area (Å²) in [6.45, 7) is 15.1. The molecule has 0 rings (SSSR count). The van der Waals surface area contributed by atoms with Crippen molar-refractivity contribution in [2.45, 2.75) is 67.7 Å². The highest BCUT2D eigenvalue weighted by atomic mass is 16.1. The van der Waals surface area contributed by atoms with Crippen molar-refractivity contribution in [3.63, 3.8) is 0 Å². The van der Waals surface area contributed by atoms with Crippen LogP contribution in [0.2, 0.25) is 0 Å². The monoisotopic (exact) mass is 250 g/mol. The molecule has 0 unspecified atom stereocenters. The van der Waals surface area contributed by atoms with E-state index in [9.17, 15) is 4.79 Å². The van der Waals surface area contributed by atoms with Crippen LogP contribution in [0.3, 0.4) is 0 Å². The Balaban J connectivity index is 4.48. The molecule has 18 heavy (non-hydrogen) atoms. The van der Waals surface area contributed by atoms with E-state index in [-0.39, 0.29) is 11.2 Å². The second-order valence-corrected chi connectivity index (χ2v) is 6.50. The van der Waals surface area contributed by atoms with Crippen LogP contribution in [0, 0.1) is 11.3 Å². The summed E-state index contributed by atoms with van der Waals surface area (Å²) in [5.74, 6) is 0.889. The lowest BCUT2D eigenvalue weighted by atomic mass is 9.82. The zero-order chi connectivity index (χ0) is 14.3. The van der Waals surface area contributed by atoms with E-state index in [1.807, 2.05) is 0 Å². The third-order valence-corrected chi connectivity index (χ3v) is 3.25. The summed E-state index contributed by atoms with van der Waals surface area (Å²) in [6.07, 6.45) is 7.21. The molecule has 0 aliphatic carbocycles. The molecule has 0 atom stereocenters. The van der Waals surface area contributed by atoms with E-state index in [0.29, 0.717) is 12.3 Å². The highest BCUT2D eigenvalue weighted by Crippen LogP contribution is 2.29. The number of rotatable bonds is 7. The molecule has 0 aromatic carbocycles. The molecule has 0 aliphatic rings. The van der Waals surface area contributed by atoms with Gasteiger partial charge in [0, 0.05) is 6.42 Å². The Morgan fingerprint density at radius 3 is 2.17 bits per heavy atom. The predicted molar refractivity (Wildman–Crippen MR) is 80.7 cm³/mol. The Morgan fingerprint density at radius 1 is 1.17 bits per heavy atom. The normalized spacial score (nSPS) is 14.2.